The Morgan fingerprint density at radius 2 is 1.85 bits per heavy atom. The minimum absolute atomic E-state index is 0.104. The number of hydrogen-bond acceptors (Lipinski definition) is 12. The molecule has 6 unspecified atom stereocenters. The number of allylic oxidation sites excluding steroid dienone is 1. The average molecular weight is 744 g/mol. The van der Waals surface area contributed by atoms with E-state index in [1.54, 1.807) is 17.9 Å². The van der Waals surface area contributed by atoms with E-state index in [1.165, 1.54) is 0 Å². The van der Waals surface area contributed by atoms with Gasteiger partial charge in [-0.3, -0.25) is 9.80 Å². The fourth-order valence-corrected chi connectivity index (χ4v) is 8.38. The number of aliphatic hydroxyl groups excluding tert-OH is 3. The summed E-state index contributed by atoms with van der Waals surface area (Å²) in [7, 11) is 0. The van der Waals surface area contributed by atoms with Crippen LogP contribution in [0.25, 0.3) is 0 Å². The van der Waals surface area contributed by atoms with Gasteiger partial charge in [-0.15, -0.1) is 6.58 Å². The second kappa shape index (κ2) is 20.5. The monoisotopic (exact) mass is 743 g/mol. The summed E-state index contributed by atoms with van der Waals surface area (Å²) in [4.78, 5) is 23.7. The smallest absolute Gasteiger partial charge is 0.410 e. The van der Waals surface area contributed by atoms with E-state index in [2.05, 4.69) is 23.6 Å². The Kier molecular flexibility index (Phi) is 15.8. The predicted octanol–water partition coefficient (Wildman–Crippen LogP) is 4.50. The van der Waals surface area contributed by atoms with Crippen LogP contribution in [0.4, 0.5) is 4.79 Å². The number of hydrogen-bond donors (Lipinski definition) is 3. The first kappa shape index (κ1) is 41.0. The quantitative estimate of drug-likeness (QED) is 0.0594. The van der Waals surface area contributed by atoms with Gasteiger partial charge in [-0.1, -0.05) is 30.1 Å². The molecule has 5 rings (SSSR count). The van der Waals surface area contributed by atoms with Crippen LogP contribution in [0, 0.1) is 17.8 Å². The lowest BCUT2D eigenvalue weighted by Crippen LogP contribution is -2.70. The van der Waals surface area contributed by atoms with Crippen molar-refractivity contribution < 1.29 is 48.6 Å². The Labute approximate surface area is 314 Å². The number of carbonyl (C=O) groups is 1. The first-order valence-corrected chi connectivity index (χ1v) is 19.6. The van der Waals surface area contributed by atoms with Crippen molar-refractivity contribution in [2.45, 2.75) is 76.5 Å². The molecule has 3 N–H and O–H groups in total. The topological polar surface area (TPSA) is 152 Å². The maximum atomic E-state index is 14.0. The second-order valence-corrected chi connectivity index (χ2v) is 14.1. The first-order valence-electron chi connectivity index (χ1n) is 19.6. The third kappa shape index (κ3) is 9.92. The highest BCUT2D eigenvalue weighted by Gasteiger charge is 2.65. The third-order valence-corrected chi connectivity index (χ3v) is 10.8. The number of benzene rings is 1. The van der Waals surface area contributed by atoms with E-state index in [1.807, 2.05) is 19.1 Å². The Morgan fingerprint density at radius 3 is 2.55 bits per heavy atom. The lowest BCUT2D eigenvalue weighted by atomic mass is 9.55. The summed E-state index contributed by atoms with van der Waals surface area (Å²) in [5.74, 6) is -0.312. The molecule has 1 aromatic carbocycles. The van der Waals surface area contributed by atoms with Crippen LogP contribution in [-0.2, 0) is 19.0 Å². The number of aliphatic hydroxyl groups is 3. The van der Waals surface area contributed by atoms with E-state index in [4.69, 9.17) is 33.7 Å². The summed E-state index contributed by atoms with van der Waals surface area (Å²) in [6, 6.07) is 5.29. The summed E-state index contributed by atoms with van der Waals surface area (Å²) in [6.45, 7) is 12.5. The SMILES string of the molecule is C=CCOC12Oc3ccc(OCCN4CC4)cc3C3C(CCCCO)C(CCCCO)C=C(C(=NOCC)CC1N(CCOCCO)C(=O)OCC)C32. The van der Waals surface area contributed by atoms with Crippen LogP contribution in [0.3, 0.4) is 0 Å². The third-order valence-electron chi connectivity index (χ3n) is 10.8. The summed E-state index contributed by atoms with van der Waals surface area (Å²) < 4.78 is 31.8. The zero-order valence-electron chi connectivity index (χ0n) is 31.7. The van der Waals surface area contributed by atoms with Crippen molar-refractivity contribution in [3.8, 4) is 11.5 Å². The van der Waals surface area contributed by atoms with Gasteiger partial charge in [0.05, 0.1) is 44.7 Å². The van der Waals surface area contributed by atoms with E-state index in [0.29, 0.717) is 37.5 Å². The Morgan fingerprint density at radius 1 is 1.06 bits per heavy atom. The van der Waals surface area contributed by atoms with Crippen LogP contribution >= 0.6 is 0 Å². The molecule has 53 heavy (non-hydrogen) atoms. The molecule has 0 spiro atoms. The van der Waals surface area contributed by atoms with Gasteiger partial charge in [-0.25, -0.2) is 4.79 Å². The van der Waals surface area contributed by atoms with E-state index >= 15 is 0 Å². The summed E-state index contributed by atoms with van der Waals surface area (Å²) in [5, 5.41) is 33.7. The summed E-state index contributed by atoms with van der Waals surface area (Å²) in [6.07, 6.45) is 8.50. The fourth-order valence-electron chi connectivity index (χ4n) is 8.38. The van der Waals surface area contributed by atoms with E-state index < -0.39 is 23.8 Å². The molecule has 0 radical (unpaired) electrons. The number of unbranched alkanes of at least 4 members (excludes halogenated alkanes) is 2. The van der Waals surface area contributed by atoms with Crippen molar-refractivity contribution in [2.75, 3.05) is 85.6 Å². The largest absolute Gasteiger partial charge is 0.492 e. The van der Waals surface area contributed by atoms with E-state index in [-0.39, 0.29) is 77.0 Å². The molecule has 1 amide bonds. The number of ether oxygens (including phenoxy) is 5. The molecule has 0 bridgehead atoms. The Hall–Kier alpha value is -3.20. The summed E-state index contributed by atoms with van der Waals surface area (Å²) in [5.41, 5.74) is 2.69. The number of carbonyl (C=O) groups excluding carboxylic acids is 1. The lowest BCUT2D eigenvalue weighted by molar-refractivity contribution is -0.256. The van der Waals surface area contributed by atoms with Crippen molar-refractivity contribution in [2.24, 2.45) is 22.9 Å². The molecular formula is C40H61N3O10. The van der Waals surface area contributed by atoms with Crippen LogP contribution in [-0.4, -0.2) is 134 Å². The number of nitrogens with zero attached hydrogens (tertiary/aromatic N) is 3. The molecule has 4 aliphatic rings. The van der Waals surface area contributed by atoms with Gasteiger partial charge in [0.15, 0.2) is 0 Å². The van der Waals surface area contributed by atoms with Gasteiger partial charge in [0.2, 0.25) is 5.79 Å². The van der Waals surface area contributed by atoms with Crippen molar-refractivity contribution in [1.29, 1.82) is 0 Å². The number of fused-ring (bicyclic) bond motifs is 2. The highest BCUT2D eigenvalue weighted by molar-refractivity contribution is 6.02. The molecule has 296 valence electrons. The van der Waals surface area contributed by atoms with Crippen LogP contribution in [0.5, 0.6) is 11.5 Å². The molecule has 1 saturated carbocycles. The van der Waals surface area contributed by atoms with Crippen molar-refractivity contribution in [1.82, 2.24) is 9.80 Å². The zero-order chi connectivity index (χ0) is 37.6. The predicted molar refractivity (Wildman–Crippen MR) is 200 cm³/mol. The molecule has 2 fully saturated rings. The zero-order valence-corrected chi connectivity index (χ0v) is 31.7. The average Bonchev–Trinajstić information content (AvgIpc) is 3.99. The Bertz CT molecular complexity index is 1390. The summed E-state index contributed by atoms with van der Waals surface area (Å²) >= 11 is 0. The van der Waals surface area contributed by atoms with Crippen LogP contribution < -0.4 is 9.47 Å². The molecule has 0 aromatic heterocycles. The van der Waals surface area contributed by atoms with Gasteiger partial charge in [-0.05, 0) is 75.1 Å². The van der Waals surface area contributed by atoms with Crippen molar-refractivity contribution in [3.63, 3.8) is 0 Å². The van der Waals surface area contributed by atoms with Crippen molar-refractivity contribution in [3.05, 3.63) is 48.1 Å². The van der Waals surface area contributed by atoms with Crippen LogP contribution in [0.1, 0.15) is 70.3 Å². The van der Waals surface area contributed by atoms with Gasteiger partial charge in [0, 0.05) is 57.3 Å². The molecule has 2 aliphatic carbocycles. The van der Waals surface area contributed by atoms with Crippen LogP contribution in [0.15, 0.2) is 47.7 Å². The lowest BCUT2D eigenvalue weighted by Gasteiger charge is -2.59. The molecular weight excluding hydrogens is 682 g/mol. The molecule has 2 aliphatic heterocycles. The Balaban J connectivity index is 1.71. The maximum absolute atomic E-state index is 14.0. The molecule has 1 aromatic rings. The highest BCUT2D eigenvalue weighted by atomic mass is 16.7. The van der Waals surface area contributed by atoms with Crippen molar-refractivity contribution >= 4 is 11.8 Å². The normalized spacial score (nSPS) is 26.5. The fraction of sp³-hybridized carbons (Fsp3) is 0.700. The molecule has 1 saturated heterocycles. The van der Waals surface area contributed by atoms with Gasteiger partial charge in [0.25, 0.3) is 0 Å². The molecule has 2 heterocycles. The highest BCUT2D eigenvalue weighted by Crippen LogP contribution is 2.62. The van der Waals surface area contributed by atoms with Crippen LogP contribution in [0.2, 0.25) is 0 Å². The van der Waals surface area contributed by atoms with Gasteiger partial charge in [0.1, 0.15) is 30.8 Å². The first-order chi connectivity index (χ1) is 26.0. The van der Waals surface area contributed by atoms with Gasteiger partial charge < -0.3 is 43.8 Å². The number of rotatable bonds is 24. The second-order valence-electron chi connectivity index (χ2n) is 14.1. The maximum Gasteiger partial charge on any atom is 0.410 e. The number of amides is 1. The minimum atomic E-state index is -1.39. The molecule has 6 atom stereocenters. The standard InChI is InChI=1S/C40H61N3O10/c1-4-22-51-40-36(43(39(47)49-5-2)18-23-48-25-21-46)28-34(41-52-6-3)32-26-29(11-7-9-19-44)31(12-8-10-20-45)37(38(32)40)33-27-30(13-14-35(33)53-40)50-24-17-42-15-16-42/h4,13-14,26-27,29,31,36-38,44-46H,1,5-12,15-25,28H2,2-3H3. The van der Waals surface area contributed by atoms with E-state index in [9.17, 15) is 20.1 Å². The minimum Gasteiger partial charge on any atom is -0.492 e. The van der Waals surface area contributed by atoms with Gasteiger partial charge in [-0.2, -0.15) is 0 Å². The molecule has 13 nitrogen and oxygen atoms in total. The van der Waals surface area contributed by atoms with E-state index in [0.717, 1.165) is 62.2 Å². The number of oxime groups is 1. The van der Waals surface area contributed by atoms with Gasteiger partial charge >= 0.3 is 6.09 Å². The molecule has 13 heteroatoms.